The van der Waals surface area contributed by atoms with Crippen molar-refractivity contribution in [3.05, 3.63) is 66.2 Å². The van der Waals surface area contributed by atoms with E-state index in [1.807, 2.05) is 0 Å². The second kappa shape index (κ2) is 4.08. The lowest BCUT2D eigenvalue weighted by Crippen LogP contribution is -2.36. The van der Waals surface area contributed by atoms with Gasteiger partial charge in [-0.3, -0.25) is 28.7 Å². The van der Waals surface area contributed by atoms with Gasteiger partial charge in [-0.25, -0.2) is 9.59 Å². The summed E-state index contributed by atoms with van der Waals surface area (Å²) in [5.41, 5.74) is -2.29. The summed E-state index contributed by atoms with van der Waals surface area (Å²) in [5, 5.41) is 0. The lowest BCUT2D eigenvalue weighted by molar-refractivity contribution is 0.546. The van der Waals surface area contributed by atoms with Crippen LogP contribution in [0.2, 0.25) is 0 Å². The normalized spacial score (nSPS) is 10.4. The van der Waals surface area contributed by atoms with Crippen LogP contribution in [0.1, 0.15) is 0 Å². The molecule has 8 heteroatoms. The summed E-state index contributed by atoms with van der Waals surface area (Å²) >= 11 is 0. The molecule has 2 N–H and O–H groups in total. The molecule has 0 spiro atoms. The Morgan fingerprint density at radius 1 is 0.824 bits per heavy atom. The minimum absolute atomic E-state index is 0.0920. The highest BCUT2D eigenvalue weighted by atomic mass is 16.2. The zero-order valence-corrected chi connectivity index (χ0v) is 8.54. The summed E-state index contributed by atoms with van der Waals surface area (Å²) < 4.78 is 2.25. The van der Waals surface area contributed by atoms with Crippen LogP contribution >= 0.6 is 0 Å². The Hall–Kier alpha value is -2.64. The fourth-order valence-electron chi connectivity index (χ4n) is 1.28. The van der Waals surface area contributed by atoms with Gasteiger partial charge in [-0.05, 0) is 0 Å². The van der Waals surface area contributed by atoms with Crippen LogP contribution in [0.5, 0.6) is 0 Å². The number of rotatable bonds is 2. The average Bonchev–Trinajstić information content (AvgIpc) is 2.25. The molecule has 0 atom stereocenters. The number of hydrogen-bond donors (Lipinski definition) is 2. The third kappa shape index (κ3) is 2.30. The van der Waals surface area contributed by atoms with E-state index in [0.717, 1.165) is 21.3 Å². The fourth-order valence-corrected chi connectivity index (χ4v) is 1.28. The van der Waals surface area contributed by atoms with Gasteiger partial charge in [0.05, 0.1) is 0 Å². The summed E-state index contributed by atoms with van der Waals surface area (Å²) in [4.78, 5) is 48.4. The van der Waals surface area contributed by atoms with Crippen molar-refractivity contribution >= 4 is 0 Å². The minimum Gasteiger partial charge on any atom is -0.282 e. The molecule has 0 unspecified atom stereocenters. The van der Waals surface area contributed by atoms with Crippen LogP contribution in [0.3, 0.4) is 0 Å². The maximum Gasteiger partial charge on any atom is 0.329 e. The molecule has 0 saturated heterocycles. The van der Waals surface area contributed by atoms with E-state index in [9.17, 15) is 19.2 Å². The molecule has 0 aliphatic heterocycles. The number of aromatic nitrogens is 4. The Morgan fingerprint density at radius 3 is 1.59 bits per heavy atom. The van der Waals surface area contributed by atoms with Gasteiger partial charge >= 0.3 is 11.4 Å². The fraction of sp³-hybridized carbons (Fsp3) is 0.111. The van der Waals surface area contributed by atoms with E-state index < -0.39 is 22.5 Å². The summed E-state index contributed by atoms with van der Waals surface area (Å²) in [5.74, 6) is 0. The number of hydrogen-bond acceptors (Lipinski definition) is 4. The highest BCUT2D eigenvalue weighted by Crippen LogP contribution is 1.79. The number of nitrogens with zero attached hydrogens (tertiary/aromatic N) is 2. The Morgan fingerprint density at radius 2 is 1.24 bits per heavy atom. The smallest absolute Gasteiger partial charge is 0.282 e. The molecule has 0 fully saturated rings. The summed E-state index contributed by atoms with van der Waals surface area (Å²) in [6, 6.07) is 2.33. The number of H-pyrrole nitrogens is 2. The zero-order valence-electron chi connectivity index (χ0n) is 8.54. The SMILES string of the molecule is O=c1ccn(Cn2ccc(=O)[nH]c2=O)c(=O)[nH]1. The van der Waals surface area contributed by atoms with Gasteiger partial charge < -0.3 is 0 Å². The Kier molecular flexibility index (Phi) is 2.61. The molecule has 0 aliphatic rings. The number of nitrogens with one attached hydrogen (secondary N) is 2. The van der Waals surface area contributed by atoms with Gasteiger partial charge in [0.2, 0.25) is 0 Å². The van der Waals surface area contributed by atoms with Crippen molar-refractivity contribution in [2.45, 2.75) is 6.67 Å². The second-order valence-electron chi connectivity index (χ2n) is 3.30. The van der Waals surface area contributed by atoms with Gasteiger partial charge in [-0.15, -0.1) is 0 Å². The Balaban J connectivity index is 2.45. The van der Waals surface area contributed by atoms with Crippen molar-refractivity contribution in [2.24, 2.45) is 0 Å². The van der Waals surface area contributed by atoms with Gasteiger partial charge in [0.15, 0.2) is 0 Å². The van der Waals surface area contributed by atoms with E-state index in [1.54, 1.807) is 0 Å². The van der Waals surface area contributed by atoms with E-state index in [4.69, 9.17) is 0 Å². The molecule has 2 aromatic heterocycles. The molecule has 17 heavy (non-hydrogen) atoms. The largest absolute Gasteiger partial charge is 0.329 e. The van der Waals surface area contributed by atoms with Gasteiger partial charge in [0.1, 0.15) is 6.67 Å². The predicted octanol–water partition coefficient (Wildman–Crippen LogP) is -2.11. The molecular formula is C9H8N4O4. The van der Waals surface area contributed by atoms with E-state index in [2.05, 4.69) is 9.97 Å². The van der Waals surface area contributed by atoms with Crippen molar-refractivity contribution in [1.82, 2.24) is 19.1 Å². The second-order valence-corrected chi connectivity index (χ2v) is 3.30. The van der Waals surface area contributed by atoms with E-state index >= 15 is 0 Å². The van der Waals surface area contributed by atoms with Crippen molar-refractivity contribution < 1.29 is 0 Å². The quantitative estimate of drug-likeness (QED) is 0.621. The van der Waals surface area contributed by atoms with Gasteiger partial charge in [-0.2, -0.15) is 0 Å². The zero-order chi connectivity index (χ0) is 12.4. The molecule has 0 radical (unpaired) electrons. The molecule has 0 amide bonds. The Bertz CT molecular complexity index is 698. The molecule has 0 saturated carbocycles. The standard InChI is InChI=1S/C9H8N4O4/c14-6-1-3-12(8(16)10-6)5-13-4-2-7(15)11-9(13)17/h1-4H,5H2,(H,10,14,16)(H,11,15,17). The molecule has 2 heterocycles. The van der Waals surface area contributed by atoms with Crippen LogP contribution < -0.4 is 22.5 Å². The molecule has 0 aliphatic carbocycles. The molecule has 0 bridgehead atoms. The monoisotopic (exact) mass is 236 g/mol. The van der Waals surface area contributed by atoms with Gasteiger partial charge in [-0.1, -0.05) is 0 Å². The average molecular weight is 236 g/mol. The van der Waals surface area contributed by atoms with Gasteiger partial charge in [0.25, 0.3) is 11.1 Å². The maximum atomic E-state index is 11.3. The van der Waals surface area contributed by atoms with E-state index in [0.29, 0.717) is 0 Å². The van der Waals surface area contributed by atoms with Crippen LogP contribution in [-0.2, 0) is 6.67 Å². The van der Waals surface area contributed by atoms with Crippen molar-refractivity contribution in [2.75, 3.05) is 0 Å². The molecule has 2 rings (SSSR count). The molecule has 0 aromatic carbocycles. The first kappa shape index (κ1) is 10.9. The highest BCUT2D eigenvalue weighted by molar-refractivity contribution is 4.86. The lowest BCUT2D eigenvalue weighted by atomic mass is 10.6. The summed E-state index contributed by atoms with van der Waals surface area (Å²) in [7, 11) is 0. The van der Waals surface area contributed by atoms with Crippen molar-refractivity contribution in [3.63, 3.8) is 0 Å². The lowest BCUT2D eigenvalue weighted by Gasteiger charge is -2.06. The predicted molar refractivity (Wildman–Crippen MR) is 58.0 cm³/mol. The molecule has 2 aromatic rings. The molecule has 88 valence electrons. The van der Waals surface area contributed by atoms with Crippen molar-refractivity contribution in [3.8, 4) is 0 Å². The minimum atomic E-state index is -0.629. The van der Waals surface area contributed by atoms with Crippen molar-refractivity contribution in [1.29, 1.82) is 0 Å². The van der Waals surface area contributed by atoms with Crippen LogP contribution in [0.25, 0.3) is 0 Å². The van der Waals surface area contributed by atoms with Crippen LogP contribution in [0.15, 0.2) is 43.7 Å². The van der Waals surface area contributed by atoms with E-state index in [1.165, 1.54) is 12.4 Å². The molecular weight excluding hydrogens is 228 g/mol. The maximum absolute atomic E-state index is 11.3. The molecule has 8 nitrogen and oxygen atoms in total. The van der Waals surface area contributed by atoms with Crippen LogP contribution in [0.4, 0.5) is 0 Å². The van der Waals surface area contributed by atoms with Gasteiger partial charge in [0, 0.05) is 24.5 Å². The first-order valence-electron chi connectivity index (χ1n) is 4.66. The van der Waals surface area contributed by atoms with Crippen LogP contribution in [0, 0.1) is 0 Å². The topological polar surface area (TPSA) is 110 Å². The summed E-state index contributed by atoms with van der Waals surface area (Å²) in [6.45, 7) is -0.0920. The Labute approximate surface area is 92.8 Å². The highest BCUT2D eigenvalue weighted by Gasteiger charge is 1.99. The summed E-state index contributed by atoms with van der Waals surface area (Å²) in [6.07, 6.45) is 2.53. The third-order valence-electron chi connectivity index (χ3n) is 2.10. The van der Waals surface area contributed by atoms with Crippen LogP contribution in [-0.4, -0.2) is 19.1 Å². The first-order chi connectivity index (χ1) is 8.06. The van der Waals surface area contributed by atoms with E-state index in [-0.39, 0.29) is 6.67 Å². The number of aromatic amines is 2. The third-order valence-corrected chi connectivity index (χ3v) is 2.10. The first-order valence-corrected chi connectivity index (χ1v) is 4.66.